The van der Waals surface area contributed by atoms with Crippen molar-refractivity contribution in [2.45, 2.75) is 30.6 Å². The molecule has 142 valence electrons. The van der Waals surface area contributed by atoms with Crippen molar-refractivity contribution in [1.82, 2.24) is 4.31 Å². The zero-order valence-electron chi connectivity index (χ0n) is 15.1. The minimum absolute atomic E-state index is 0.337. The van der Waals surface area contributed by atoms with Gasteiger partial charge in [0.2, 0.25) is 10.0 Å². The number of benzene rings is 2. The van der Waals surface area contributed by atoms with Crippen molar-refractivity contribution in [3.63, 3.8) is 0 Å². The fourth-order valence-corrected chi connectivity index (χ4v) is 5.55. The third-order valence-electron chi connectivity index (χ3n) is 5.16. The molecule has 2 aromatic carbocycles. The van der Waals surface area contributed by atoms with Gasteiger partial charge in [-0.15, -0.1) is 0 Å². The number of sulfonamides is 1. The zero-order valence-corrected chi connectivity index (χ0v) is 16.7. The molecule has 0 radical (unpaired) electrons. The molecular weight excluding hydrogens is 378 g/mol. The molecule has 0 amide bonds. The standard InChI is InChI=1S/C20H23N3O2S2/c24-27(25,22-13-3-4-14-22)18-11-9-17(10-12-18)21-20(26)23-15-5-7-16-6-1-2-8-19(16)23/h1-2,6,8-12H,3-5,7,13-15H2,(H,21,26). The van der Waals surface area contributed by atoms with Crippen LogP contribution in [0, 0.1) is 0 Å². The lowest BCUT2D eigenvalue weighted by atomic mass is 10.0. The maximum atomic E-state index is 12.6. The molecule has 0 saturated carbocycles. The summed E-state index contributed by atoms with van der Waals surface area (Å²) in [7, 11) is -3.38. The molecule has 0 aromatic heterocycles. The molecule has 2 heterocycles. The van der Waals surface area contributed by atoms with Gasteiger partial charge in [0.25, 0.3) is 0 Å². The first-order chi connectivity index (χ1) is 13.1. The molecule has 2 aliphatic rings. The molecule has 0 unspecified atom stereocenters. The largest absolute Gasteiger partial charge is 0.332 e. The Morgan fingerprint density at radius 3 is 2.37 bits per heavy atom. The summed E-state index contributed by atoms with van der Waals surface area (Å²) in [6, 6.07) is 15.2. The van der Waals surface area contributed by atoms with E-state index in [4.69, 9.17) is 12.2 Å². The van der Waals surface area contributed by atoms with Crippen LogP contribution in [0.3, 0.4) is 0 Å². The average molecular weight is 402 g/mol. The summed E-state index contributed by atoms with van der Waals surface area (Å²) < 4.78 is 26.8. The summed E-state index contributed by atoms with van der Waals surface area (Å²) in [5.41, 5.74) is 3.25. The van der Waals surface area contributed by atoms with Gasteiger partial charge in [0.1, 0.15) is 0 Å². The molecule has 0 atom stereocenters. The molecule has 5 nitrogen and oxygen atoms in total. The molecular formula is C20H23N3O2S2. The van der Waals surface area contributed by atoms with Gasteiger partial charge in [-0.25, -0.2) is 8.42 Å². The van der Waals surface area contributed by atoms with Gasteiger partial charge in [-0.1, -0.05) is 18.2 Å². The molecule has 1 N–H and O–H groups in total. The smallest absolute Gasteiger partial charge is 0.243 e. The fourth-order valence-electron chi connectivity index (χ4n) is 3.72. The van der Waals surface area contributed by atoms with E-state index in [-0.39, 0.29) is 0 Å². The highest BCUT2D eigenvalue weighted by molar-refractivity contribution is 7.89. The van der Waals surface area contributed by atoms with Crippen molar-refractivity contribution < 1.29 is 8.42 Å². The summed E-state index contributed by atoms with van der Waals surface area (Å²) in [6.07, 6.45) is 4.00. The summed E-state index contributed by atoms with van der Waals surface area (Å²) in [5.74, 6) is 0. The predicted octanol–water partition coefficient (Wildman–Crippen LogP) is 3.62. The molecule has 0 aliphatic carbocycles. The van der Waals surface area contributed by atoms with Gasteiger partial charge >= 0.3 is 0 Å². The molecule has 4 rings (SSSR count). The van der Waals surface area contributed by atoms with Gasteiger partial charge in [0, 0.05) is 31.0 Å². The first-order valence-corrected chi connectivity index (χ1v) is 11.2. The van der Waals surface area contributed by atoms with E-state index in [1.54, 1.807) is 28.6 Å². The minimum Gasteiger partial charge on any atom is -0.332 e. The quantitative estimate of drug-likeness (QED) is 0.796. The Kier molecular flexibility index (Phi) is 5.16. The third-order valence-corrected chi connectivity index (χ3v) is 7.40. The monoisotopic (exact) mass is 401 g/mol. The maximum Gasteiger partial charge on any atom is 0.243 e. The fraction of sp³-hybridized carbons (Fsp3) is 0.350. The summed E-state index contributed by atoms with van der Waals surface area (Å²) in [5, 5.41) is 3.89. The number of thiocarbonyl (C=S) groups is 1. The van der Waals surface area contributed by atoms with Crippen LogP contribution >= 0.6 is 12.2 Å². The van der Waals surface area contributed by atoms with Crippen molar-refractivity contribution in [3.8, 4) is 0 Å². The number of para-hydroxylation sites is 1. The van der Waals surface area contributed by atoms with Gasteiger partial charge in [0.15, 0.2) is 5.11 Å². The molecule has 27 heavy (non-hydrogen) atoms. The lowest BCUT2D eigenvalue weighted by Crippen LogP contribution is -2.38. The van der Waals surface area contributed by atoms with E-state index >= 15 is 0 Å². The van der Waals surface area contributed by atoms with Gasteiger partial charge < -0.3 is 10.2 Å². The SMILES string of the molecule is O=S(=O)(c1ccc(NC(=S)N2CCCc3ccccc32)cc1)N1CCCC1. The summed E-state index contributed by atoms with van der Waals surface area (Å²) >= 11 is 5.61. The molecule has 2 aliphatic heterocycles. The van der Waals surface area contributed by atoms with Gasteiger partial charge in [-0.2, -0.15) is 4.31 Å². The first kappa shape index (κ1) is 18.4. The van der Waals surface area contributed by atoms with Crippen LogP contribution in [0.5, 0.6) is 0 Å². The van der Waals surface area contributed by atoms with E-state index in [0.717, 1.165) is 43.6 Å². The van der Waals surface area contributed by atoms with Crippen molar-refractivity contribution in [1.29, 1.82) is 0 Å². The van der Waals surface area contributed by atoms with Crippen LogP contribution in [0.2, 0.25) is 0 Å². The molecule has 1 fully saturated rings. The molecule has 1 saturated heterocycles. The molecule has 2 aromatic rings. The molecule has 0 spiro atoms. The number of anilines is 2. The Labute approximate surface area is 166 Å². The van der Waals surface area contributed by atoms with E-state index in [1.807, 2.05) is 6.07 Å². The lowest BCUT2D eigenvalue weighted by molar-refractivity contribution is 0.477. The second-order valence-electron chi connectivity index (χ2n) is 6.95. The lowest BCUT2D eigenvalue weighted by Gasteiger charge is -2.31. The Balaban J connectivity index is 1.48. The highest BCUT2D eigenvalue weighted by Gasteiger charge is 2.27. The van der Waals surface area contributed by atoms with Crippen LogP contribution in [0.4, 0.5) is 11.4 Å². The van der Waals surface area contributed by atoms with E-state index in [2.05, 4.69) is 28.4 Å². The molecule has 7 heteroatoms. The van der Waals surface area contributed by atoms with Crippen LogP contribution in [-0.2, 0) is 16.4 Å². The van der Waals surface area contributed by atoms with Gasteiger partial charge in [-0.05, 0) is 73.8 Å². The van der Waals surface area contributed by atoms with E-state index in [1.165, 1.54) is 5.56 Å². The van der Waals surface area contributed by atoms with Crippen LogP contribution in [0.25, 0.3) is 0 Å². The van der Waals surface area contributed by atoms with E-state index in [9.17, 15) is 8.42 Å². The zero-order chi connectivity index (χ0) is 18.9. The summed E-state index contributed by atoms with van der Waals surface area (Å²) in [4.78, 5) is 2.45. The van der Waals surface area contributed by atoms with Crippen LogP contribution < -0.4 is 10.2 Å². The highest BCUT2D eigenvalue weighted by Crippen LogP contribution is 2.28. The number of hydrogen-bond donors (Lipinski definition) is 1. The highest BCUT2D eigenvalue weighted by atomic mass is 32.2. The van der Waals surface area contributed by atoms with E-state index in [0.29, 0.717) is 23.1 Å². The summed E-state index contributed by atoms with van der Waals surface area (Å²) in [6.45, 7) is 2.10. The van der Waals surface area contributed by atoms with Gasteiger partial charge in [-0.3, -0.25) is 0 Å². The van der Waals surface area contributed by atoms with Crippen molar-refractivity contribution in [3.05, 3.63) is 54.1 Å². The third kappa shape index (κ3) is 3.72. The van der Waals surface area contributed by atoms with Crippen LogP contribution in [0.1, 0.15) is 24.8 Å². The Hall–Kier alpha value is -1.96. The van der Waals surface area contributed by atoms with Crippen molar-refractivity contribution in [2.75, 3.05) is 29.9 Å². The number of aryl methyl sites for hydroxylation is 1. The number of hydrogen-bond acceptors (Lipinski definition) is 3. The Morgan fingerprint density at radius 1 is 0.926 bits per heavy atom. The number of nitrogens with one attached hydrogen (secondary N) is 1. The number of fused-ring (bicyclic) bond motifs is 1. The Morgan fingerprint density at radius 2 is 1.63 bits per heavy atom. The predicted molar refractivity (Wildman–Crippen MR) is 113 cm³/mol. The van der Waals surface area contributed by atoms with E-state index < -0.39 is 10.0 Å². The maximum absolute atomic E-state index is 12.6. The minimum atomic E-state index is -3.38. The van der Waals surface area contributed by atoms with Gasteiger partial charge in [0.05, 0.1) is 4.90 Å². The van der Waals surface area contributed by atoms with Crippen LogP contribution in [-0.4, -0.2) is 37.5 Å². The normalized spacial score (nSPS) is 17.6. The Bertz CT molecular complexity index is 936. The second-order valence-corrected chi connectivity index (χ2v) is 9.27. The van der Waals surface area contributed by atoms with Crippen molar-refractivity contribution >= 4 is 38.7 Å². The molecule has 0 bridgehead atoms. The first-order valence-electron chi connectivity index (χ1n) is 9.32. The average Bonchev–Trinajstić information content (AvgIpc) is 3.24. The van der Waals surface area contributed by atoms with Crippen LogP contribution in [0.15, 0.2) is 53.4 Å². The number of rotatable bonds is 3. The topological polar surface area (TPSA) is 52.7 Å². The second kappa shape index (κ2) is 7.58. The van der Waals surface area contributed by atoms with Crippen molar-refractivity contribution in [2.24, 2.45) is 0 Å². The number of nitrogens with zero attached hydrogens (tertiary/aromatic N) is 2.